The van der Waals surface area contributed by atoms with Gasteiger partial charge >= 0.3 is 0 Å². The van der Waals surface area contributed by atoms with Gasteiger partial charge in [0.15, 0.2) is 5.17 Å². The Morgan fingerprint density at radius 1 is 1.54 bits per heavy atom. The summed E-state index contributed by atoms with van der Waals surface area (Å²) in [6, 6.07) is 0.597. The summed E-state index contributed by atoms with van der Waals surface area (Å²) in [5.74, 6) is 1.21. The van der Waals surface area contributed by atoms with E-state index in [1.807, 2.05) is 11.8 Å². The zero-order valence-corrected chi connectivity index (χ0v) is 9.87. The molecule has 0 saturated carbocycles. The van der Waals surface area contributed by atoms with Gasteiger partial charge in [-0.15, -0.1) is 0 Å². The van der Waals surface area contributed by atoms with Crippen molar-refractivity contribution in [3.63, 3.8) is 0 Å². The lowest BCUT2D eigenvalue weighted by atomic mass is 9.97. The fraction of sp³-hybridized carbons (Fsp3) is 0.900. The molecule has 0 aromatic carbocycles. The van der Waals surface area contributed by atoms with Crippen LogP contribution in [0.5, 0.6) is 0 Å². The second-order valence-electron chi connectivity index (χ2n) is 4.86. The lowest BCUT2D eigenvalue weighted by molar-refractivity contribution is 0.429. The molecule has 0 aliphatic carbocycles. The van der Waals surface area contributed by atoms with Crippen molar-refractivity contribution in [1.29, 1.82) is 0 Å². The van der Waals surface area contributed by atoms with Gasteiger partial charge in [0.2, 0.25) is 0 Å². The quantitative estimate of drug-likeness (QED) is 0.703. The first-order chi connectivity index (χ1) is 5.97. The van der Waals surface area contributed by atoms with Crippen LogP contribution in [-0.2, 0) is 0 Å². The summed E-state index contributed by atoms with van der Waals surface area (Å²) in [6.07, 6.45) is 1.25. The summed E-state index contributed by atoms with van der Waals surface area (Å²) in [7, 11) is 0. The summed E-state index contributed by atoms with van der Waals surface area (Å²) in [6.45, 7) is 9.78. The van der Waals surface area contributed by atoms with Crippen molar-refractivity contribution < 1.29 is 0 Å². The molecule has 1 aliphatic heterocycles. The first-order valence-corrected chi connectivity index (χ1v) is 5.90. The minimum atomic E-state index is 0.302. The van der Waals surface area contributed by atoms with Crippen molar-refractivity contribution in [1.82, 2.24) is 5.32 Å². The topological polar surface area (TPSA) is 24.4 Å². The van der Waals surface area contributed by atoms with Gasteiger partial charge in [-0.1, -0.05) is 32.5 Å². The average molecular weight is 200 g/mol. The number of rotatable bonds is 1. The number of nitrogens with one attached hydrogen (secondary N) is 1. The molecule has 1 atom stereocenters. The Hall–Kier alpha value is -0.180. The van der Waals surface area contributed by atoms with Gasteiger partial charge in [0.25, 0.3) is 0 Å². The van der Waals surface area contributed by atoms with Crippen molar-refractivity contribution in [2.75, 3.05) is 12.3 Å². The molecule has 0 aromatic heterocycles. The lowest BCUT2D eigenvalue weighted by Gasteiger charge is -2.23. The number of nitrogens with zero attached hydrogens (tertiary/aromatic N) is 1. The van der Waals surface area contributed by atoms with Gasteiger partial charge in [0.05, 0.1) is 0 Å². The molecule has 1 unspecified atom stereocenters. The number of hydrogen-bond acceptors (Lipinski definition) is 2. The van der Waals surface area contributed by atoms with Crippen LogP contribution in [0, 0.1) is 5.41 Å². The molecule has 1 saturated heterocycles. The van der Waals surface area contributed by atoms with Crippen LogP contribution in [-0.4, -0.2) is 23.5 Å². The van der Waals surface area contributed by atoms with Gasteiger partial charge in [0, 0.05) is 18.3 Å². The molecular weight excluding hydrogens is 180 g/mol. The fourth-order valence-corrected chi connectivity index (χ4v) is 2.16. The Bertz CT molecular complexity index is 194. The average Bonchev–Trinajstić information content (AvgIpc) is 2.00. The first-order valence-electron chi connectivity index (χ1n) is 4.91. The van der Waals surface area contributed by atoms with Crippen LogP contribution in [0.3, 0.4) is 0 Å². The van der Waals surface area contributed by atoms with Crippen LogP contribution in [0.15, 0.2) is 4.99 Å². The van der Waals surface area contributed by atoms with Gasteiger partial charge in [-0.25, -0.2) is 0 Å². The zero-order valence-electron chi connectivity index (χ0n) is 9.05. The van der Waals surface area contributed by atoms with E-state index in [1.165, 1.54) is 12.2 Å². The van der Waals surface area contributed by atoms with Gasteiger partial charge in [-0.2, -0.15) is 0 Å². The predicted molar refractivity (Wildman–Crippen MR) is 61.4 cm³/mol. The zero-order chi connectivity index (χ0) is 9.90. The third kappa shape index (κ3) is 4.55. The Balaban J connectivity index is 2.42. The predicted octanol–water partition coefficient (Wildman–Crippen LogP) is 2.50. The molecular formula is C10H20N2S. The van der Waals surface area contributed by atoms with Crippen LogP contribution in [0.4, 0.5) is 0 Å². The molecule has 76 valence electrons. The second-order valence-corrected chi connectivity index (χ2v) is 5.95. The number of hydrogen-bond donors (Lipinski definition) is 1. The highest BCUT2D eigenvalue weighted by Gasteiger charge is 2.14. The van der Waals surface area contributed by atoms with E-state index >= 15 is 0 Å². The highest BCUT2D eigenvalue weighted by Crippen LogP contribution is 2.17. The third-order valence-electron chi connectivity index (χ3n) is 1.86. The van der Waals surface area contributed by atoms with Gasteiger partial charge in [0.1, 0.15) is 0 Å². The monoisotopic (exact) mass is 200 g/mol. The van der Waals surface area contributed by atoms with Gasteiger partial charge < -0.3 is 5.32 Å². The van der Waals surface area contributed by atoms with Crippen molar-refractivity contribution in [3.8, 4) is 0 Å². The molecule has 0 bridgehead atoms. The summed E-state index contributed by atoms with van der Waals surface area (Å²) in [5, 5.41) is 4.53. The van der Waals surface area contributed by atoms with E-state index in [4.69, 9.17) is 0 Å². The standard InChI is InChI=1S/C10H20N2S/c1-8-5-6-13-9(12-8)11-7-10(2,3)4/h8H,5-7H2,1-4H3,(H,11,12). The molecule has 0 spiro atoms. The molecule has 2 nitrogen and oxygen atoms in total. The second kappa shape index (κ2) is 4.36. The van der Waals surface area contributed by atoms with E-state index in [0.29, 0.717) is 11.5 Å². The molecule has 13 heavy (non-hydrogen) atoms. The van der Waals surface area contributed by atoms with Crippen molar-refractivity contribution in [3.05, 3.63) is 0 Å². The maximum absolute atomic E-state index is 4.57. The summed E-state index contributed by atoms with van der Waals surface area (Å²) < 4.78 is 0. The molecule has 1 fully saturated rings. The molecule has 1 N–H and O–H groups in total. The fourth-order valence-electron chi connectivity index (χ4n) is 1.06. The summed E-state index contributed by atoms with van der Waals surface area (Å²) >= 11 is 1.85. The summed E-state index contributed by atoms with van der Waals surface area (Å²) in [4.78, 5) is 4.57. The largest absolute Gasteiger partial charge is 0.362 e. The van der Waals surface area contributed by atoms with Gasteiger partial charge in [-0.05, 0) is 18.8 Å². The molecule has 1 rings (SSSR count). The van der Waals surface area contributed by atoms with Crippen LogP contribution >= 0.6 is 11.8 Å². The van der Waals surface area contributed by atoms with Crippen LogP contribution in [0.25, 0.3) is 0 Å². The summed E-state index contributed by atoms with van der Waals surface area (Å²) in [5.41, 5.74) is 0.302. The Kier molecular flexibility index (Phi) is 3.65. The van der Waals surface area contributed by atoms with Gasteiger partial charge in [-0.3, -0.25) is 4.99 Å². The van der Waals surface area contributed by atoms with E-state index in [0.717, 1.165) is 11.7 Å². The Labute approximate surface area is 85.6 Å². The number of aliphatic imine (C=N–C) groups is 1. The van der Waals surface area contributed by atoms with E-state index < -0.39 is 0 Å². The van der Waals surface area contributed by atoms with Crippen LogP contribution in [0.1, 0.15) is 34.1 Å². The molecule has 3 heteroatoms. The number of amidine groups is 1. The highest BCUT2D eigenvalue weighted by atomic mass is 32.2. The van der Waals surface area contributed by atoms with E-state index in [1.54, 1.807) is 0 Å². The van der Waals surface area contributed by atoms with E-state index in [-0.39, 0.29) is 0 Å². The first kappa shape index (κ1) is 10.9. The Morgan fingerprint density at radius 3 is 2.77 bits per heavy atom. The third-order valence-corrected chi connectivity index (χ3v) is 2.82. The smallest absolute Gasteiger partial charge is 0.156 e. The normalized spacial score (nSPS) is 27.4. The molecule has 1 heterocycles. The van der Waals surface area contributed by atoms with E-state index in [2.05, 4.69) is 38.0 Å². The maximum Gasteiger partial charge on any atom is 0.156 e. The molecule has 0 radical (unpaired) electrons. The molecule has 0 aromatic rings. The van der Waals surface area contributed by atoms with Crippen LogP contribution < -0.4 is 5.32 Å². The number of thioether (sulfide) groups is 1. The van der Waals surface area contributed by atoms with Crippen molar-refractivity contribution >= 4 is 16.9 Å². The Morgan fingerprint density at radius 2 is 2.23 bits per heavy atom. The maximum atomic E-state index is 4.57. The molecule has 0 amide bonds. The molecule has 1 aliphatic rings. The highest BCUT2D eigenvalue weighted by molar-refractivity contribution is 8.13. The van der Waals surface area contributed by atoms with Crippen molar-refractivity contribution in [2.45, 2.75) is 40.2 Å². The lowest BCUT2D eigenvalue weighted by Crippen LogP contribution is -2.36. The SMILES string of the molecule is CC1CCSC(=NCC(C)(C)C)N1. The van der Waals surface area contributed by atoms with Crippen molar-refractivity contribution in [2.24, 2.45) is 10.4 Å². The van der Waals surface area contributed by atoms with E-state index in [9.17, 15) is 0 Å². The van der Waals surface area contributed by atoms with Crippen LogP contribution in [0.2, 0.25) is 0 Å². The minimum Gasteiger partial charge on any atom is -0.362 e. The minimum absolute atomic E-state index is 0.302.